The molecule has 1 aromatic carbocycles. The minimum absolute atomic E-state index is 0.160. The second-order valence-corrected chi connectivity index (χ2v) is 6.16. The number of benzene rings is 1. The fraction of sp³-hybridized carbons (Fsp3) is 0.611. The predicted octanol–water partition coefficient (Wildman–Crippen LogP) is 2.74. The van der Waals surface area contributed by atoms with E-state index in [0.29, 0.717) is 23.1 Å². The minimum Gasteiger partial charge on any atom is -0.508 e. The molecule has 0 saturated heterocycles. The number of nitrogens with two attached hydrogens (primary N) is 3. The third kappa shape index (κ3) is 5.94. The van der Waals surface area contributed by atoms with Crippen molar-refractivity contribution in [2.45, 2.75) is 70.5 Å². The number of hydrogen-bond donors (Lipinski definition) is 4. The Morgan fingerprint density at radius 1 is 1.04 bits per heavy atom. The molecule has 1 atom stereocenters. The number of unbranched alkanes of at least 4 members (excludes halogenated alkanes) is 6. The highest BCUT2D eigenvalue weighted by atomic mass is 16.3. The molecule has 0 aliphatic carbocycles. The second-order valence-electron chi connectivity index (χ2n) is 6.16. The van der Waals surface area contributed by atoms with Crippen LogP contribution in [-0.4, -0.2) is 17.6 Å². The number of phenols is 1. The quantitative estimate of drug-likeness (QED) is 0.284. The van der Waals surface area contributed by atoms with Gasteiger partial charge in [-0.05, 0) is 36.1 Å². The zero-order valence-corrected chi connectivity index (χ0v) is 14.1. The normalized spacial score (nSPS) is 12.6. The molecule has 0 bridgehead atoms. The van der Waals surface area contributed by atoms with E-state index in [1.807, 2.05) is 0 Å². The molecule has 130 valence electrons. The molecule has 0 saturated carbocycles. The molecule has 0 radical (unpaired) electrons. The Hall–Kier alpha value is -1.43. The van der Waals surface area contributed by atoms with Gasteiger partial charge in [0.25, 0.3) is 0 Å². The third-order valence-corrected chi connectivity index (χ3v) is 4.27. The Bertz CT molecular complexity index is 489. The summed E-state index contributed by atoms with van der Waals surface area (Å²) in [5.74, 6) is 0.160. The van der Waals surface area contributed by atoms with Crippen molar-refractivity contribution >= 4 is 6.29 Å². The molecule has 1 aromatic rings. The van der Waals surface area contributed by atoms with Crippen LogP contribution in [0.4, 0.5) is 0 Å². The van der Waals surface area contributed by atoms with Gasteiger partial charge in [-0.25, -0.2) is 0 Å². The van der Waals surface area contributed by atoms with Gasteiger partial charge < -0.3 is 22.3 Å². The summed E-state index contributed by atoms with van der Waals surface area (Å²) in [4.78, 5) is 11.3. The highest BCUT2D eigenvalue weighted by molar-refractivity contribution is 5.79. The summed E-state index contributed by atoms with van der Waals surface area (Å²) in [5, 5.41) is 10.2. The maximum atomic E-state index is 11.3. The molecule has 1 unspecified atom stereocenters. The SMILES string of the molecule is CCCCCCCCCc1c(O)ccc(C=O)c1C(N)C(N)N. The van der Waals surface area contributed by atoms with Gasteiger partial charge in [0.15, 0.2) is 0 Å². The Labute approximate surface area is 139 Å². The fourth-order valence-corrected chi connectivity index (χ4v) is 2.88. The fourth-order valence-electron chi connectivity index (χ4n) is 2.88. The monoisotopic (exact) mass is 321 g/mol. The summed E-state index contributed by atoms with van der Waals surface area (Å²) >= 11 is 0. The Kier molecular flexibility index (Phi) is 8.84. The summed E-state index contributed by atoms with van der Waals surface area (Å²) in [5.41, 5.74) is 19.2. The largest absolute Gasteiger partial charge is 0.508 e. The van der Waals surface area contributed by atoms with E-state index in [1.54, 1.807) is 12.1 Å². The van der Waals surface area contributed by atoms with Crippen molar-refractivity contribution in [2.24, 2.45) is 17.2 Å². The van der Waals surface area contributed by atoms with Crippen LogP contribution in [0.15, 0.2) is 12.1 Å². The smallest absolute Gasteiger partial charge is 0.150 e. The average molecular weight is 321 g/mol. The van der Waals surface area contributed by atoms with Gasteiger partial charge in [-0.2, -0.15) is 0 Å². The minimum atomic E-state index is -0.775. The van der Waals surface area contributed by atoms with Gasteiger partial charge in [-0.1, -0.05) is 45.4 Å². The van der Waals surface area contributed by atoms with Crippen LogP contribution in [0.3, 0.4) is 0 Å². The van der Waals surface area contributed by atoms with Crippen LogP contribution in [0, 0.1) is 0 Å². The van der Waals surface area contributed by atoms with Crippen molar-refractivity contribution in [3.8, 4) is 5.75 Å². The van der Waals surface area contributed by atoms with E-state index in [0.717, 1.165) is 19.1 Å². The van der Waals surface area contributed by atoms with Gasteiger partial charge in [-0.3, -0.25) is 4.79 Å². The van der Waals surface area contributed by atoms with Crippen molar-refractivity contribution in [3.05, 3.63) is 28.8 Å². The van der Waals surface area contributed by atoms with Crippen molar-refractivity contribution in [1.82, 2.24) is 0 Å². The van der Waals surface area contributed by atoms with Crippen molar-refractivity contribution < 1.29 is 9.90 Å². The molecule has 0 aliphatic heterocycles. The zero-order valence-electron chi connectivity index (χ0n) is 14.1. The van der Waals surface area contributed by atoms with Crippen LogP contribution in [0.5, 0.6) is 5.75 Å². The number of hydrogen-bond acceptors (Lipinski definition) is 5. The van der Waals surface area contributed by atoms with E-state index >= 15 is 0 Å². The number of carbonyl (C=O) groups excluding carboxylic acids is 1. The second kappa shape index (κ2) is 10.4. The highest BCUT2D eigenvalue weighted by Crippen LogP contribution is 2.30. The lowest BCUT2D eigenvalue weighted by Crippen LogP contribution is -2.42. The van der Waals surface area contributed by atoms with E-state index in [9.17, 15) is 9.90 Å². The van der Waals surface area contributed by atoms with E-state index in [1.165, 1.54) is 32.1 Å². The van der Waals surface area contributed by atoms with Gasteiger partial charge in [0.1, 0.15) is 12.0 Å². The predicted molar refractivity (Wildman–Crippen MR) is 94.3 cm³/mol. The summed E-state index contributed by atoms with van der Waals surface area (Å²) in [6, 6.07) is 2.44. The van der Waals surface area contributed by atoms with E-state index in [2.05, 4.69) is 6.92 Å². The third-order valence-electron chi connectivity index (χ3n) is 4.27. The molecule has 23 heavy (non-hydrogen) atoms. The first-order chi connectivity index (χ1) is 11.0. The van der Waals surface area contributed by atoms with Crippen LogP contribution in [0.1, 0.15) is 79.4 Å². The van der Waals surface area contributed by atoms with Crippen LogP contribution < -0.4 is 17.2 Å². The standard InChI is InChI=1S/C18H31N3O2/c1-2-3-4-5-6-7-8-9-14-15(23)11-10-13(12-22)16(14)17(19)18(20)21/h10-12,17-18,23H,2-9,19-21H2,1H3. The molecule has 0 heterocycles. The summed E-state index contributed by atoms with van der Waals surface area (Å²) in [7, 11) is 0. The van der Waals surface area contributed by atoms with Crippen molar-refractivity contribution in [1.29, 1.82) is 0 Å². The molecule has 0 spiro atoms. The summed E-state index contributed by atoms with van der Waals surface area (Å²) in [6.07, 6.45) is 8.92. The molecule has 0 fully saturated rings. The van der Waals surface area contributed by atoms with E-state index in [-0.39, 0.29) is 5.75 Å². The van der Waals surface area contributed by atoms with Gasteiger partial charge in [0, 0.05) is 5.56 Å². The van der Waals surface area contributed by atoms with E-state index in [4.69, 9.17) is 17.2 Å². The number of aromatic hydroxyl groups is 1. The lowest BCUT2D eigenvalue weighted by atomic mass is 9.90. The van der Waals surface area contributed by atoms with Gasteiger partial charge >= 0.3 is 0 Å². The summed E-state index contributed by atoms with van der Waals surface area (Å²) in [6.45, 7) is 2.20. The molecule has 5 heteroatoms. The molecule has 1 rings (SSSR count). The van der Waals surface area contributed by atoms with Crippen LogP contribution in [0.2, 0.25) is 0 Å². The highest BCUT2D eigenvalue weighted by Gasteiger charge is 2.21. The van der Waals surface area contributed by atoms with E-state index < -0.39 is 12.2 Å². The molecule has 0 aromatic heterocycles. The topological polar surface area (TPSA) is 115 Å². The molecule has 0 amide bonds. The maximum Gasteiger partial charge on any atom is 0.150 e. The summed E-state index contributed by atoms with van der Waals surface area (Å²) < 4.78 is 0. The molecule has 0 aliphatic rings. The maximum absolute atomic E-state index is 11.3. The molecular weight excluding hydrogens is 290 g/mol. The zero-order chi connectivity index (χ0) is 17.2. The molecular formula is C18H31N3O2. The first-order valence-corrected chi connectivity index (χ1v) is 8.59. The Balaban J connectivity index is 2.74. The van der Waals surface area contributed by atoms with Crippen LogP contribution in [0.25, 0.3) is 0 Å². The Morgan fingerprint density at radius 3 is 2.22 bits per heavy atom. The van der Waals surface area contributed by atoms with Crippen LogP contribution >= 0.6 is 0 Å². The van der Waals surface area contributed by atoms with Crippen molar-refractivity contribution in [2.75, 3.05) is 0 Å². The lowest BCUT2D eigenvalue weighted by Gasteiger charge is -2.22. The van der Waals surface area contributed by atoms with Crippen LogP contribution in [-0.2, 0) is 6.42 Å². The Morgan fingerprint density at radius 2 is 1.65 bits per heavy atom. The van der Waals surface area contributed by atoms with Gasteiger partial charge in [-0.15, -0.1) is 0 Å². The molecule has 7 N–H and O–H groups in total. The lowest BCUT2D eigenvalue weighted by molar-refractivity contribution is 0.112. The average Bonchev–Trinajstić information content (AvgIpc) is 2.54. The number of phenolic OH excluding ortho intramolecular Hbond substituents is 1. The molecule has 5 nitrogen and oxygen atoms in total. The first-order valence-electron chi connectivity index (χ1n) is 8.59. The van der Waals surface area contributed by atoms with Gasteiger partial charge in [0.2, 0.25) is 0 Å². The number of rotatable bonds is 11. The van der Waals surface area contributed by atoms with Crippen molar-refractivity contribution in [3.63, 3.8) is 0 Å². The number of aldehydes is 1. The van der Waals surface area contributed by atoms with Gasteiger partial charge in [0.05, 0.1) is 12.2 Å². The first kappa shape index (κ1) is 19.6. The number of carbonyl (C=O) groups is 1.